The number of hydrogen-bond donors (Lipinski definition) is 1. The van der Waals surface area contributed by atoms with Gasteiger partial charge in [-0.2, -0.15) is 5.10 Å². The molecule has 40 heavy (non-hydrogen) atoms. The molecule has 12 heteroatoms. The number of halogens is 3. The highest BCUT2D eigenvalue weighted by atomic mass is 127. The lowest BCUT2D eigenvalue weighted by Crippen LogP contribution is -2.48. The first-order chi connectivity index (χ1) is 19.0. The van der Waals surface area contributed by atoms with Crippen molar-refractivity contribution in [1.29, 1.82) is 0 Å². The van der Waals surface area contributed by atoms with Gasteiger partial charge >= 0.3 is 6.09 Å². The number of aromatic nitrogens is 4. The molecule has 2 aliphatic heterocycles. The smallest absolute Gasteiger partial charge is 0.408 e. The van der Waals surface area contributed by atoms with Crippen LogP contribution >= 0.6 is 34.2 Å². The summed E-state index contributed by atoms with van der Waals surface area (Å²) in [6.07, 6.45) is 4.60. The van der Waals surface area contributed by atoms with E-state index in [-0.39, 0.29) is 23.5 Å². The quantitative estimate of drug-likeness (QED) is 0.323. The summed E-state index contributed by atoms with van der Waals surface area (Å²) in [6, 6.07) is 4.51. The topological polar surface area (TPSA) is 94.4 Å². The number of hydrogen-bond acceptors (Lipinski definition) is 7. The molecule has 3 aliphatic rings. The Kier molecular flexibility index (Phi) is 7.35. The van der Waals surface area contributed by atoms with Crippen LogP contribution in [0.4, 0.5) is 15.0 Å². The third-order valence-corrected chi connectivity index (χ3v) is 9.13. The second-order valence-corrected chi connectivity index (χ2v) is 13.4. The fourth-order valence-corrected chi connectivity index (χ4v) is 7.14. The Morgan fingerprint density at radius 1 is 1.25 bits per heavy atom. The van der Waals surface area contributed by atoms with E-state index in [0.717, 1.165) is 53.4 Å². The van der Waals surface area contributed by atoms with Crippen LogP contribution < -0.4 is 10.2 Å². The molecule has 1 spiro atoms. The number of anilines is 1. The number of nitrogens with zero attached hydrogens (tertiary/aromatic N) is 5. The van der Waals surface area contributed by atoms with Gasteiger partial charge in [-0.25, -0.2) is 23.8 Å². The lowest BCUT2D eigenvalue weighted by Gasteiger charge is -2.44. The highest BCUT2D eigenvalue weighted by molar-refractivity contribution is 14.1. The molecule has 214 valence electrons. The van der Waals surface area contributed by atoms with Crippen LogP contribution in [0.15, 0.2) is 18.2 Å². The van der Waals surface area contributed by atoms with E-state index in [1.54, 1.807) is 6.07 Å². The number of ether oxygens (including phenoxy) is 2. The maximum absolute atomic E-state index is 14.3. The molecular weight excluding hydrogens is 650 g/mol. The molecule has 1 unspecified atom stereocenters. The zero-order valence-electron chi connectivity index (χ0n) is 22.8. The van der Waals surface area contributed by atoms with Crippen molar-refractivity contribution in [3.63, 3.8) is 0 Å². The molecule has 2 saturated heterocycles. The van der Waals surface area contributed by atoms with Crippen molar-refractivity contribution in [2.45, 2.75) is 77.2 Å². The Hall–Kier alpha value is -2.25. The fraction of sp³-hybridized carbons (Fsp3) is 0.571. The van der Waals surface area contributed by atoms with Gasteiger partial charge < -0.3 is 19.7 Å². The lowest BCUT2D eigenvalue weighted by atomic mass is 9.72. The number of fused-ring (bicyclic) bond motifs is 2. The maximum Gasteiger partial charge on any atom is 0.408 e. The largest absolute Gasteiger partial charge is 0.444 e. The number of piperidine rings is 1. The van der Waals surface area contributed by atoms with Gasteiger partial charge in [-0.15, -0.1) is 0 Å². The van der Waals surface area contributed by atoms with E-state index >= 15 is 0 Å². The van der Waals surface area contributed by atoms with Crippen molar-refractivity contribution < 1.29 is 18.7 Å². The van der Waals surface area contributed by atoms with Crippen LogP contribution in [-0.2, 0) is 15.9 Å². The predicted octanol–water partition coefficient (Wildman–Crippen LogP) is 6.33. The summed E-state index contributed by atoms with van der Waals surface area (Å²) in [5, 5.41) is 8.11. The van der Waals surface area contributed by atoms with Crippen molar-refractivity contribution >= 4 is 57.3 Å². The average Bonchev–Trinajstić information content (AvgIpc) is 3.37. The molecule has 3 aromatic rings. The van der Waals surface area contributed by atoms with Crippen LogP contribution in [0.1, 0.15) is 76.3 Å². The van der Waals surface area contributed by atoms with Gasteiger partial charge in [-0.1, -0.05) is 17.7 Å². The van der Waals surface area contributed by atoms with Gasteiger partial charge in [0.25, 0.3) is 0 Å². The van der Waals surface area contributed by atoms with Gasteiger partial charge in [0, 0.05) is 25.1 Å². The van der Waals surface area contributed by atoms with Crippen LogP contribution in [0.25, 0.3) is 11.2 Å². The monoisotopic (exact) mass is 682 g/mol. The zero-order chi connectivity index (χ0) is 28.2. The van der Waals surface area contributed by atoms with Gasteiger partial charge in [-0.3, -0.25) is 0 Å². The molecule has 0 radical (unpaired) electrons. The Morgan fingerprint density at radius 3 is 2.73 bits per heavy atom. The molecule has 2 fully saturated rings. The zero-order valence-corrected chi connectivity index (χ0v) is 25.8. The van der Waals surface area contributed by atoms with E-state index in [2.05, 4.69) is 42.9 Å². The summed E-state index contributed by atoms with van der Waals surface area (Å²) in [4.78, 5) is 24.7. The molecule has 2 atom stereocenters. The van der Waals surface area contributed by atoms with E-state index in [1.165, 1.54) is 6.07 Å². The summed E-state index contributed by atoms with van der Waals surface area (Å²) < 4.78 is 28.5. The van der Waals surface area contributed by atoms with Crippen LogP contribution in [-0.4, -0.2) is 51.1 Å². The van der Waals surface area contributed by atoms with E-state index in [9.17, 15) is 9.18 Å². The average molecular weight is 683 g/mol. The molecule has 1 amide bonds. The SMILES string of the molecule is CC(C)(C)OC(=O)N[C@@H]1c2cc(F)ccc2CC12CCN(c1nc3c(nc1Cl)c(I)nn3C1CCCCO1)CC2. The number of amides is 1. The van der Waals surface area contributed by atoms with Crippen molar-refractivity contribution in [1.82, 2.24) is 25.1 Å². The second-order valence-electron chi connectivity index (χ2n) is 12.0. The van der Waals surface area contributed by atoms with E-state index in [1.807, 2.05) is 31.5 Å². The summed E-state index contributed by atoms with van der Waals surface area (Å²) in [5.41, 5.74) is 2.31. The highest BCUT2D eigenvalue weighted by Gasteiger charge is 2.49. The minimum absolute atomic E-state index is 0.162. The first kappa shape index (κ1) is 27.9. The van der Waals surface area contributed by atoms with Gasteiger partial charge in [0.05, 0.1) is 6.04 Å². The minimum atomic E-state index is -0.634. The first-order valence-electron chi connectivity index (χ1n) is 13.8. The molecule has 1 aliphatic carbocycles. The predicted molar refractivity (Wildman–Crippen MR) is 158 cm³/mol. The highest BCUT2D eigenvalue weighted by Crippen LogP contribution is 2.52. The molecule has 1 aromatic carbocycles. The molecule has 9 nitrogen and oxygen atoms in total. The number of carbonyl (C=O) groups is 1. The first-order valence-corrected chi connectivity index (χ1v) is 15.2. The number of rotatable bonds is 3. The lowest BCUT2D eigenvalue weighted by molar-refractivity contribution is -0.0372. The van der Waals surface area contributed by atoms with Crippen molar-refractivity contribution in [2.75, 3.05) is 24.6 Å². The van der Waals surface area contributed by atoms with Gasteiger partial charge in [-0.05, 0) is 105 Å². The Morgan fingerprint density at radius 2 is 2.02 bits per heavy atom. The summed E-state index contributed by atoms with van der Waals surface area (Å²) in [7, 11) is 0. The van der Waals surface area contributed by atoms with E-state index < -0.39 is 11.7 Å². The number of benzene rings is 1. The van der Waals surface area contributed by atoms with E-state index in [4.69, 9.17) is 26.1 Å². The number of nitrogens with one attached hydrogen (secondary N) is 1. The van der Waals surface area contributed by atoms with Crippen LogP contribution in [0.5, 0.6) is 0 Å². The number of carbonyl (C=O) groups excluding carboxylic acids is 1. The molecule has 6 rings (SSSR count). The van der Waals surface area contributed by atoms with Crippen LogP contribution in [0.2, 0.25) is 5.15 Å². The van der Waals surface area contributed by atoms with Gasteiger partial charge in [0.2, 0.25) is 0 Å². The van der Waals surface area contributed by atoms with Crippen molar-refractivity contribution in [3.8, 4) is 0 Å². The van der Waals surface area contributed by atoms with Gasteiger partial charge in [0.1, 0.15) is 16.9 Å². The Balaban J connectivity index is 1.27. The van der Waals surface area contributed by atoms with Crippen LogP contribution in [0.3, 0.4) is 0 Å². The fourth-order valence-electron chi connectivity index (χ4n) is 6.30. The Bertz CT molecular complexity index is 1450. The van der Waals surface area contributed by atoms with Gasteiger partial charge in [0.15, 0.2) is 26.5 Å². The molecule has 0 saturated carbocycles. The second kappa shape index (κ2) is 10.5. The normalized spacial score (nSPS) is 22.5. The van der Waals surface area contributed by atoms with Crippen molar-refractivity contribution in [2.24, 2.45) is 5.41 Å². The third kappa shape index (κ3) is 5.24. The minimum Gasteiger partial charge on any atom is -0.444 e. The van der Waals surface area contributed by atoms with E-state index in [0.29, 0.717) is 41.8 Å². The summed E-state index contributed by atoms with van der Waals surface area (Å²) in [5.74, 6) is 0.309. The summed E-state index contributed by atoms with van der Waals surface area (Å²) in [6.45, 7) is 7.52. The molecule has 1 N–H and O–H groups in total. The van der Waals surface area contributed by atoms with Crippen LogP contribution in [0, 0.1) is 14.9 Å². The molecule has 2 aromatic heterocycles. The summed E-state index contributed by atoms with van der Waals surface area (Å²) >= 11 is 8.87. The molecular formula is C28H33ClFIN6O3. The third-order valence-electron chi connectivity index (χ3n) is 8.15. The molecule has 0 bridgehead atoms. The number of alkyl carbamates (subject to hydrolysis) is 1. The maximum atomic E-state index is 14.3. The van der Waals surface area contributed by atoms with Crippen molar-refractivity contribution in [3.05, 3.63) is 44.0 Å². The standard InChI is InChI=1S/C28H33ClFIN6O3/c1-27(2,3)40-26(38)33-21-18-14-17(30)8-7-16(18)15-28(21)9-11-36(12-10-28)25-22(29)32-20-23(31)35-37(24(20)34-25)19-6-4-5-13-39-19/h7-8,14,19,21H,4-6,9-13,15H2,1-3H3,(H,33,38)/t19?,21-/m1/s1. The molecule has 4 heterocycles. The Labute approximate surface area is 251 Å².